The lowest BCUT2D eigenvalue weighted by Gasteiger charge is -2.19. The number of likely N-dealkylation sites (N-methyl/N-ethyl adjacent to an activating group) is 1. The van der Waals surface area contributed by atoms with Gasteiger partial charge in [0.25, 0.3) is 0 Å². The molecule has 0 radical (unpaired) electrons. The Kier molecular flexibility index (Phi) is 5.51. The van der Waals surface area contributed by atoms with E-state index in [-0.39, 0.29) is 17.9 Å². The highest BCUT2D eigenvalue weighted by Crippen LogP contribution is 2.14. The number of nitrogens with one attached hydrogen (secondary N) is 2. The quantitative estimate of drug-likeness (QED) is 0.839. The van der Waals surface area contributed by atoms with Gasteiger partial charge in [-0.2, -0.15) is 0 Å². The van der Waals surface area contributed by atoms with Crippen LogP contribution in [0.5, 0.6) is 0 Å². The molecule has 2 amide bonds. The molecule has 0 aliphatic carbocycles. The van der Waals surface area contributed by atoms with Gasteiger partial charge in [-0.3, -0.25) is 9.59 Å². The normalized spacial score (nSPS) is 11.8. The maximum Gasteiger partial charge on any atom is 0.238 e. The average Bonchev–Trinajstić information content (AvgIpc) is 2.35. The minimum atomic E-state index is -0.264. The maximum absolute atomic E-state index is 11.7. The third-order valence-corrected chi connectivity index (χ3v) is 2.74. The molecule has 0 saturated carbocycles. The monoisotopic (exact) mass is 263 g/mol. The van der Waals surface area contributed by atoms with Gasteiger partial charge in [0, 0.05) is 33.3 Å². The maximum atomic E-state index is 11.7. The molecule has 0 fully saturated rings. The average molecular weight is 263 g/mol. The van der Waals surface area contributed by atoms with E-state index in [0.29, 0.717) is 6.54 Å². The van der Waals surface area contributed by atoms with Crippen LogP contribution in [0.2, 0.25) is 0 Å². The van der Waals surface area contributed by atoms with Gasteiger partial charge in [-0.05, 0) is 18.6 Å². The minimum Gasteiger partial charge on any atom is -0.347 e. The first-order chi connectivity index (χ1) is 8.91. The van der Waals surface area contributed by atoms with Gasteiger partial charge < -0.3 is 15.5 Å². The second-order valence-corrected chi connectivity index (χ2v) is 4.67. The Morgan fingerprint density at radius 2 is 1.89 bits per heavy atom. The fraction of sp³-hybridized carbons (Fsp3) is 0.429. The molecular weight excluding hydrogens is 242 g/mol. The van der Waals surface area contributed by atoms with Crippen LogP contribution >= 0.6 is 0 Å². The molecule has 2 N–H and O–H groups in total. The number of benzene rings is 1. The third kappa shape index (κ3) is 4.71. The Bertz CT molecular complexity index is 458. The summed E-state index contributed by atoms with van der Waals surface area (Å²) < 4.78 is 0. The van der Waals surface area contributed by atoms with E-state index in [1.165, 1.54) is 6.92 Å². The summed E-state index contributed by atoms with van der Waals surface area (Å²) >= 11 is 0. The highest BCUT2D eigenvalue weighted by Gasteiger charge is 2.14. The largest absolute Gasteiger partial charge is 0.347 e. The Morgan fingerprint density at radius 1 is 1.26 bits per heavy atom. The Hall–Kier alpha value is -1.88. The van der Waals surface area contributed by atoms with Crippen LogP contribution in [0.25, 0.3) is 0 Å². The molecule has 0 aliphatic rings. The zero-order valence-corrected chi connectivity index (χ0v) is 11.9. The topological polar surface area (TPSA) is 61.4 Å². The molecule has 1 aromatic rings. The van der Waals surface area contributed by atoms with Gasteiger partial charge in [0.2, 0.25) is 11.8 Å². The molecule has 19 heavy (non-hydrogen) atoms. The summed E-state index contributed by atoms with van der Waals surface area (Å²) in [4.78, 5) is 24.4. The Balaban J connectivity index is 2.67. The van der Waals surface area contributed by atoms with E-state index in [1.807, 2.05) is 31.2 Å². The number of carbonyl (C=O) groups is 2. The number of hydrogen-bond acceptors (Lipinski definition) is 3. The van der Waals surface area contributed by atoms with Crippen molar-refractivity contribution in [2.75, 3.05) is 19.4 Å². The number of anilines is 1. The second kappa shape index (κ2) is 6.89. The van der Waals surface area contributed by atoms with Crippen LogP contribution in [0.3, 0.4) is 0 Å². The predicted octanol–water partition coefficient (Wildman–Crippen LogP) is 1.21. The molecule has 0 saturated heterocycles. The van der Waals surface area contributed by atoms with Gasteiger partial charge in [-0.1, -0.05) is 18.2 Å². The molecule has 1 atom stereocenters. The standard InChI is InChI=1S/C14H21N3O2/c1-10(14(19)17(3)4)15-9-12-7-5-6-8-13(12)16-11(2)18/h5-8,10,15H,9H2,1-4H3,(H,16,18). The molecule has 0 spiro atoms. The number of para-hydroxylation sites is 1. The van der Waals surface area contributed by atoms with E-state index < -0.39 is 0 Å². The third-order valence-electron chi connectivity index (χ3n) is 2.74. The van der Waals surface area contributed by atoms with Gasteiger partial charge in [0.15, 0.2) is 0 Å². The molecule has 104 valence electrons. The van der Waals surface area contributed by atoms with Crippen LogP contribution in [0.4, 0.5) is 5.69 Å². The molecule has 0 bridgehead atoms. The molecule has 1 rings (SSSR count). The summed E-state index contributed by atoms with van der Waals surface area (Å²) in [5, 5.41) is 5.93. The summed E-state index contributed by atoms with van der Waals surface area (Å²) in [7, 11) is 3.46. The van der Waals surface area contributed by atoms with Crippen molar-refractivity contribution in [2.45, 2.75) is 26.4 Å². The number of amides is 2. The number of carbonyl (C=O) groups excluding carboxylic acids is 2. The van der Waals surface area contributed by atoms with Crippen molar-refractivity contribution in [1.29, 1.82) is 0 Å². The summed E-state index contributed by atoms with van der Waals surface area (Å²) in [6.07, 6.45) is 0. The van der Waals surface area contributed by atoms with Crippen LogP contribution in [0.15, 0.2) is 24.3 Å². The zero-order valence-electron chi connectivity index (χ0n) is 11.9. The van der Waals surface area contributed by atoms with Crippen molar-refractivity contribution in [2.24, 2.45) is 0 Å². The van der Waals surface area contributed by atoms with Gasteiger partial charge in [0.1, 0.15) is 0 Å². The first-order valence-electron chi connectivity index (χ1n) is 6.22. The van der Waals surface area contributed by atoms with E-state index >= 15 is 0 Å². The first-order valence-corrected chi connectivity index (χ1v) is 6.22. The molecule has 5 nitrogen and oxygen atoms in total. The minimum absolute atomic E-state index is 0.0250. The number of hydrogen-bond donors (Lipinski definition) is 2. The Labute approximate surface area is 114 Å². The van der Waals surface area contributed by atoms with Crippen LogP contribution in [-0.2, 0) is 16.1 Å². The fourth-order valence-corrected chi connectivity index (χ4v) is 1.72. The summed E-state index contributed by atoms with van der Waals surface area (Å²) in [5.74, 6) is -0.0816. The number of rotatable bonds is 5. The van der Waals surface area contributed by atoms with Crippen molar-refractivity contribution >= 4 is 17.5 Å². The van der Waals surface area contributed by atoms with Crippen LogP contribution < -0.4 is 10.6 Å². The van der Waals surface area contributed by atoms with Gasteiger partial charge in [0.05, 0.1) is 6.04 Å². The van der Waals surface area contributed by atoms with Crippen LogP contribution in [-0.4, -0.2) is 36.9 Å². The van der Waals surface area contributed by atoms with E-state index in [2.05, 4.69) is 10.6 Å². The molecule has 5 heteroatoms. The molecule has 0 aromatic heterocycles. The first kappa shape index (κ1) is 15.2. The van der Waals surface area contributed by atoms with Crippen molar-refractivity contribution in [3.63, 3.8) is 0 Å². The van der Waals surface area contributed by atoms with Crippen molar-refractivity contribution in [3.05, 3.63) is 29.8 Å². The lowest BCUT2D eigenvalue weighted by Crippen LogP contribution is -2.41. The van der Waals surface area contributed by atoms with Gasteiger partial charge >= 0.3 is 0 Å². The molecular formula is C14H21N3O2. The lowest BCUT2D eigenvalue weighted by molar-refractivity contribution is -0.130. The van der Waals surface area contributed by atoms with E-state index in [9.17, 15) is 9.59 Å². The molecule has 0 heterocycles. The van der Waals surface area contributed by atoms with E-state index in [4.69, 9.17) is 0 Å². The highest BCUT2D eigenvalue weighted by molar-refractivity contribution is 5.89. The fourth-order valence-electron chi connectivity index (χ4n) is 1.72. The van der Waals surface area contributed by atoms with E-state index in [1.54, 1.807) is 19.0 Å². The summed E-state index contributed by atoms with van der Waals surface area (Å²) in [5.41, 5.74) is 1.73. The zero-order chi connectivity index (χ0) is 14.4. The Morgan fingerprint density at radius 3 is 2.47 bits per heavy atom. The predicted molar refractivity (Wildman–Crippen MR) is 75.7 cm³/mol. The number of nitrogens with zero attached hydrogens (tertiary/aromatic N) is 1. The van der Waals surface area contributed by atoms with Crippen LogP contribution in [0.1, 0.15) is 19.4 Å². The van der Waals surface area contributed by atoms with Crippen LogP contribution in [0, 0.1) is 0 Å². The highest BCUT2D eigenvalue weighted by atomic mass is 16.2. The summed E-state index contributed by atoms with van der Waals surface area (Å²) in [6, 6.07) is 7.27. The SMILES string of the molecule is CC(=O)Nc1ccccc1CNC(C)C(=O)N(C)C. The molecule has 1 aromatic carbocycles. The second-order valence-electron chi connectivity index (χ2n) is 4.67. The van der Waals surface area contributed by atoms with Crippen molar-refractivity contribution in [1.82, 2.24) is 10.2 Å². The van der Waals surface area contributed by atoms with E-state index in [0.717, 1.165) is 11.3 Å². The lowest BCUT2D eigenvalue weighted by atomic mass is 10.1. The van der Waals surface area contributed by atoms with Crippen molar-refractivity contribution < 1.29 is 9.59 Å². The van der Waals surface area contributed by atoms with Gasteiger partial charge in [-0.15, -0.1) is 0 Å². The molecule has 0 aliphatic heterocycles. The molecule has 1 unspecified atom stereocenters. The van der Waals surface area contributed by atoms with Gasteiger partial charge in [-0.25, -0.2) is 0 Å². The van der Waals surface area contributed by atoms with Crippen molar-refractivity contribution in [3.8, 4) is 0 Å². The summed E-state index contributed by atoms with van der Waals surface area (Å²) in [6.45, 7) is 3.82. The smallest absolute Gasteiger partial charge is 0.238 e.